The summed E-state index contributed by atoms with van der Waals surface area (Å²) in [6, 6.07) is 13.1. The monoisotopic (exact) mass is 349 g/mol. The van der Waals surface area contributed by atoms with Gasteiger partial charge in [-0.15, -0.1) is 0 Å². The first-order valence-corrected chi connectivity index (χ1v) is 7.95. The van der Waals surface area contributed by atoms with Crippen LogP contribution in [0.1, 0.15) is 11.1 Å². The number of methoxy groups -OCH3 is 2. The molecular formula is C19H19N5O2. The van der Waals surface area contributed by atoms with Crippen LogP contribution in [0.15, 0.2) is 36.4 Å². The Balaban J connectivity index is 1.98. The molecule has 0 aliphatic heterocycles. The number of nitriles is 1. The molecule has 7 heteroatoms. The van der Waals surface area contributed by atoms with E-state index in [0.717, 1.165) is 5.56 Å². The lowest BCUT2D eigenvalue weighted by Crippen LogP contribution is -2.19. The maximum absolute atomic E-state index is 9.03. The van der Waals surface area contributed by atoms with E-state index in [1.807, 2.05) is 30.1 Å². The van der Waals surface area contributed by atoms with Gasteiger partial charge in [-0.05, 0) is 23.8 Å². The van der Waals surface area contributed by atoms with Gasteiger partial charge in [-0.2, -0.15) is 10.2 Å². The van der Waals surface area contributed by atoms with E-state index in [2.05, 4.69) is 16.0 Å². The Morgan fingerprint density at radius 2 is 1.85 bits per heavy atom. The molecule has 132 valence electrons. The second-order valence-electron chi connectivity index (χ2n) is 5.80. The predicted molar refractivity (Wildman–Crippen MR) is 100 cm³/mol. The fourth-order valence-electron chi connectivity index (χ4n) is 2.72. The van der Waals surface area contributed by atoms with Crippen LogP contribution >= 0.6 is 0 Å². The van der Waals surface area contributed by atoms with Crippen molar-refractivity contribution >= 4 is 22.7 Å². The largest absolute Gasteiger partial charge is 0.493 e. The summed E-state index contributed by atoms with van der Waals surface area (Å²) in [5.41, 5.74) is 8.41. The maximum atomic E-state index is 9.03. The van der Waals surface area contributed by atoms with E-state index in [-0.39, 0.29) is 0 Å². The van der Waals surface area contributed by atoms with Gasteiger partial charge in [0, 0.05) is 25.0 Å². The maximum Gasteiger partial charge on any atom is 0.227 e. The van der Waals surface area contributed by atoms with Gasteiger partial charge >= 0.3 is 0 Å². The van der Waals surface area contributed by atoms with Crippen LogP contribution in [0.3, 0.4) is 0 Å². The van der Waals surface area contributed by atoms with Gasteiger partial charge in [0.1, 0.15) is 5.82 Å². The molecule has 0 aliphatic rings. The standard InChI is InChI=1S/C19H19N5O2/c1-24(11-13-6-4-5-12(7-13)10-20)19-22-15-9-17(26-3)16(25-2)8-14(15)18(21)23-19/h4-9H,11H2,1-3H3,(H2,21,22,23). The predicted octanol–water partition coefficient (Wildman–Crippen LogP) is 2.74. The molecule has 0 saturated carbocycles. The Bertz CT molecular complexity index is 997. The van der Waals surface area contributed by atoms with Crippen LogP contribution in [-0.4, -0.2) is 31.2 Å². The van der Waals surface area contributed by atoms with Gasteiger partial charge in [0.2, 0.25) is 5.95 Å². The highest BCUT2D eigenvalue weighted by atomic mass is 16.5. The van der Waals surface area contributed by atoms with E-state index in [9.17, 15) is 0 Å². The first kappa shape index (κ1) is 17.3. The van der Waals surface area contributed by atoms with Gasteiger partial charge in [-0.25, -0.2) is 4.98 Å². The van der Waals surface area contributed by atoms with Gasteiger partial charge < -0.3 is 20.1 Å². The first-order valence-electron chi connectivity index (χ1n) is 7.95. The van der Waals surface area contributed by atoms with Gasteiger partial charge in [0.15, 0.2) is 11.5 Å². The molecule has 0 saturated heterocycles. The Morgan fingerprint density at radius 1 is 1.12 bits per heavy atom. The van der Waals surface area contributed by atoms with E-state index in [1.165, 1.54) is 0 Å². The molecule has 7 nitrogen and oxygen atoms in total. The zero-order valence-corrected chi connectivity index (χ0v) is 14.9. The Hall–Kier alpha value is -3.53. The molecule has 0 spiro atoms. The van der Waals surface area contributed by atoms with Gasteiger partial charge in [0.05, 0.1) is 31.4 Å². The smallest absolute Gasteiger partial charge is 0.227 e. The summed E-state index contributed by atoms with van der Waals surface area (Å²) in [5, 5.41) is 9.73. The van der Waals surface area contributed by atoms with E-state index in [0.29, 0.717) is 46.3 Å². The third-order valence-corrected chi connectivity index (χ3v) is 4.04. The summed E-state index contributed by atoms with van der Waals surface area (Å²) in [6.45, 7) is 0.549. The Kier molecular flexibility index (Phi) is 4.76. The van der Waals surface area contributed by atoms with Gasteiger partial charge in [-0.3, -0.25) is 0 Å². The molecule has 3 aromatic rings. The molecule has 0 amide bonds. The Labute approximate surface area is 151 Å². The summed E-state index contributed by atoms with van der Waals surface area (Å²) in [5.74, 6) is 2.01. The summed E-state index contributed by atoms with van der Waals surface area (Å²) in [6.07, 6.45) is 0. The molecule has 0 radical (unpaired) electrons. The molecule has 1 heterocycles. The number of nitrogens with two attached hydrogens (primary N) is 1. The normalized spacial score (nSPS) is 10.4. The number of aromatic nitrogens is 2. The van der Waals surface area contributed by atoms with Crippen molar-refractivity contribution in [3.63, 3.8) is 0 Å². The average molecular weight is 349 g/mol. The van der Waals surface area contributed by atoms with Crippen LogP contribution in [0.5, 0.6) is 11.5 Å². The number of nitrogen functional groups attached to an aromatic ring is 1. The Morgan fingerprint density at radius 3 is 2.54 bits per heavy atom. The number of anilines is 2. The van der Waals surface area contributed by atoms with Crippen molar-refractivity contribution in [2.45, 2.75) is 6.54 Å². The van der Waals surface area contributed by atoms with Gasteiger partial charge in [-0.1, -0.05) is 12.1 Å². The van der Waals surface area contributed by atoms with Crippen LogP contribution in [0, 0.1) is 11.3 Å². The van der Waals surface area contributed by atoms with E-state index in [1.54, 1.807) is 32.4 Å². The number of hydrogen-bond donors (Lipinski definition) is 1. The van der Waals surface area contributed by atoms with Gasteiger partial charge in [0.25, 0.3) is 0 Å². The second-order valence-corrected chi connectivity index (χ2v) is 5.80. The van der Waals surface area contributed by atoms with Crippen molar-refractivity contribution in [1.29, 1.82) is 5.26 Å². The van der Waals surface area contributed by atoms with Crippen LogP contribution in [0.2, 0.25) is 0 Å². The fraction of sp³-hybridized carbons (Fsp3) is 0.211. The highest BCUT2D eigenvalue weighted by molar-refractivity contribution is 5.91. The topological polar surface area (TPSA) is 97.3 Å². The van der Waals surface area contributed by atoms with E-state index >= 15 is 0 Å². The quantitative estimate of drug-likeness (QED) is 0.756. The highest BCUT2D eigenvalue weighted by Gasteiger charge is 2.14. The molecule has 0 fully saturated rings. The van der Waals surface area contributed by atoms with Crippen molar-refractivity contribution in [3.05, 3.63) is 47.5 Å². The molecule has 0 bridgehead atoms. The molecule has 0 aliphatic carbocycles. The number of hydrogen-bond acceptors (Lipinski definition) is 7. The minimum atomic E-state index is 0.364. The van der Waals surface area contributed by atoms with Crippen LogP contribution in [0.25, 0.3) is 10.9 Å². The molecule has 2 N–H and O–H groups in total. The number of nitrogens with zero attached hydrogens (tertiary/aromatic N) is 4. The lowest BCUT2D eigenvalue weighted by atomic mass is 10.1. The van der Waals surface area contributed by atoms with Crippen LogP contribution in [-0.2, 0) is 6.54 Å². The summed E-state index contributed by atoms with van der Waals surface area (Å²) < 4.78 is 10.6. The molecular weight excluding hydrogens is 330 g/mol. The first-order chi connectivity index (χ1) is 12.5. The van der Waals surface area contributed by atoms with Crippen LogP contribution < -0.4 is 20.1 Å². The second kappa shape index (κ2) is 7.15. The number of ether oxygens (including phenoxy) is 2. The summed E-state index contributed by atoms with van der Waals surface area (Å²) >= 11 is 0. The highest BCUT2D eigenvalue weighted by Crippen LogP contribution is 2.34. The molecule has 0 unspecified atom stereocenters. The van der Waals surface area contributed by atoms with E-state index in [4.69, 9.17) is 20.5 Å². The lowest BCUT2D eigenvalue weighted by Gasteiger charge is -2.19. The minimum absolute atomic E-state index is 0.364. The zero-order chi connectivity index (χ0) is 18.7. The summed E-state index contributed by atoms with van der Waals surface area (Å²) in [7, 11) is 5.02. The fourth-order valence-corrected chi connectivity index (χ4v) is 2.72. The molecule has 3 rings (SSSR count). The number of benzene rings is 2. The third kappa shape index (κ3) is 3.30. The van der Waals surface area contributed by atoms with Crippen molar-refractivity contribution in [1.82, 2.24) is 9.97 Å². The molecule has 0 atom stereocenters. The van der Waals surface area contributed by atoms with Crippen LogP contribution in [0.4, 0.5) is 11.8 Å². The number of rotatable bonds is 5. The average Bonchev–Trinajstić information content (AvgIpc) is 2.66. The lowest BCUT2D eigenvalue weighted by molar-refractivity contribution is 0.356. The van der Waals surface area contributed by atoms with E-state index < -0.39 is 0 Å². The van der Waals surface area contributed by atoms with Crippen molar-refractivity contribution in [3.8, 4) is 17.6 Å². The van der Waals surface area contributed by atoms with Crippen molar-refractivity contribution < 1.29 is 9.47 Å². The molecule has 1 aromatic heterocycles. The molecule has 26 heavy (non-hydrogen) atoms. The summed E-state index contributed by atoms with van der Waals surface area (Å²) in [4.78, 5) is 10.9. The number of fused-ring (bicyclic) bond motifs is 1. The molecule has 2 aromatic carbocycles. The van der Waals surface area contributed by atoms with Crippen molar-refractivity contribution in [2.75, 3.05) is 31.9 Å². The zero-order valence-electron chi connectivity index (χ0n) is 14.9. The van der Waals surface area contributed by atoms with Crippen molar-refractivity contribution in [2.24, 2.45) is 0 Å². The SMILES string of the molecule is COc1cc2nc(N(C)Cc3cccc(C#N)c3)nc(N)c2cc1OC. The minimum Gasteiger partial charge on any atom is -0.493 e. The third-order valence-electron chi connectivity index (χ3n) is 4.04.